The zero-order chi connectivity index (χ0) is 17.2. The monoisotopic (exact) mass is 352 g/mol. The molecule has 0 N–H and O–H groups in total. The fourth-order valence-corrected chi connectivity index (χ4v) is 4.01. The van der Waals surface area contributed by atoms with Gasteiger partial charge in [-0.15, -0.1) is 0 Å². The number of piperidine rings is 1. The van der Waals surface area contributed by atoms with Gasteiger partial charge in [0, 0.05) is 35.2 Å². The Kier molecular flexibility index (Phi) is 4.82. The summed E-state index contributed by atoms with van der Waals surface area (Å²) in [6.07, 6.45) is 6.41. The van der Waals surface area contributed by atoms with Gasteiger partial charge in [-0.3, -0.25) is 4.90 Å². The van der Waals surface area contributed by atoms with Crippen molar-refractivity contribution in [2.24, 2.45) is 0 Å². The molecule has 2 heterocycles. The summed E-state index contributed by atoms with van der Waals surface area (Å²) in [5.41, 5.74) is 5.39. The molecule has 0 saturated carbocycles. The zero-order valence-corrected chi connectivity index (χ0v) is 15.6. The third-order valence-corrected chi connectivity index (χ3v) is 5.48. The highest BCUT2D eigenvalue weighted by atomic mass is 35.5. The lowest BCUT2D eigenvalue weighted by atomic mass is 10.1. The largest absolute Gasteiger partial charge is 0.343 e. The molecule has 130 valence electrons. The smallest absolute Gasteiger partial charge is 0.0486 e. The molecule has 0 bridgehead atoms. The molecule has 3 aromatic rings. The Morgan fingerprint density at radius 1 is 0.920 bits per heavy atom. The summed E-state index contributed by atoms with van der Waals surface area (Å²) in [7, 11) is 0. The van der Waals surface area contributed by atoms with Gasteiger partial charge in [0.05, 0.1) is 0 Å². The summed E-state index contributed by atoms with van der Waals surface area (Å²) in [5, 5.41) is 2.20. The quantitative estimate of drug-likeness (QED) is 0.590. The fourth-order valence-electron chi connectivity index (χ4n) is 3.89. The van der Waals surface area contributed by atoms with Crippen molar-refractivity contribution in [3.63, 3.8) is 0 Å². The van der Waals surface area contributed by atoms with Gasteiger partial charge in [0.15, 0.2) is 0 Å². The normalized spacial score (nSPS) is 15.8. The second-order valence-corrected chi connectivity index (χ2v) is 7.70. The molecule has 2 aromatic carbocycles. The van der Waals surface area contributed by atoms with Crippen molar-refractivity contribution in [3.8, 4) is 0 Å². The molecule has 0 atom stereocenters. The van der Waals surface area contributed by atoms with E-state index in [4.69, 9.17) is 11.6 Å². The fraction of sp³-hybridized carbons (Fsp3) is 0.364. The maximum absolute atomic E-state index is 6.03. The van der Waals surface area contributed by atoms with Crippen LogP contribution in [0.15, 0.2) is 48.7 Å². The Bertz CT molecular complexity index is 858. The maximum atomic E-state index is 6.03. The molecule has 25 heavy (non-hydrogen) atoms. The van der Waals surface area contributed by atoms with Crippen LogP contribution in [0.3, 0.4) is 0 Å². The lowest BCUT2D eigenvalue weighted by molar-refractivity contribution is 0.221. The lowest BCUT2D eigenvalue weighted by Gasteiger charge is -2.26. The Morgan fingerprint density at radius 3 is 2.44 bits per heavy atom. The first-order chi connectivity index (χ1) is 12.2. The minimum atomic E-state index is 0.794. The number of nitrogens with zero attached hydrogens (tertiary/aromatic N) is 2. The third-order valence-electron chi connectivity index (χ3n) is 5.23. The first-order valence-corrected chi connectivity index (χ1v) is 9.62. The molecule has 0 spiro atoms. The van der Waals surface area contributed by atoms with Crippen molar-refractivity contribution in [2.75, 3.05) is 13.1 Å². The van der Waals surface area contributed by atoms with Gasteiger partial charge in [-0.2, -0.15) is 0 Å². The molecule has 2 nitrogen and oxygen atoms in total. The number of hydrogen-bond donors (Lipinski definition) is 0. The average molecular weight is 353 g/mol. The van der Waals surface area contributed by atoms with E-state index in [1.807, 2.05) is 12.1 Å². The van der Waals surface area contributed by atoms with Gasteiger partial charge in [0.1, 0.15) is 0 Å². The van der Waals surface area contributed by atoms with E-state index < -0.39 is 0 Å². The second kappa shape index (κ2) is 7.23. The van der Waals surface area contributed by atoms with E-state index >= 15 is 0 Å². The van der Waals surface area contributed by atoms with Crippen LogP contribution in [0.4, 0.5) is 0 Å². The molecule has 0 radical (unpaired) electrons. The topological polar surface area (TPSA) is 8.17 Å². The summed E-state index contributed by atoms with van der Waals surface area (Å²) in [4.78, 5) is 2.60. The van der Waals surface area contributed by atoms with E-state index in [9.17, 15) is 0 Å². The van der Waals surface area contributed by atoms with E-state index in [1.54, 1.807) is 0 Å². The Labute approximate surface area is 155 Å². The minimum Gasteiger partial charge on any atom is -0.343 e. The molecular formula is C22H25ClN2. The van der Waals surface area contributed by atoms with Crippen LogP contribution in [0.1, 0.15) is 36.0 Å². The zero-order valence-electron chi connectivity index (χ0n) is 14.8. The molecule has 0 unspecified atom stereocenters. The number of aromatic nitrogens is 1. The minimum absolute atomic E-state index is 0.794. The summed E-state index contributed by atoms with van der Waals surface area (Å²) >= 11 is 6.03. The number of likely N-dealkylation sites (tertiary alicyclic amines) is 1. The van der Waals surface area contributed by atoms with Crippen molar-refractivity contribution in [2.45, 2.75) is 39.3 Å². The summed E-state index contributed by atoms with van der Waals surface area (Å²) in [6, 6.07) is 15.0. The maximum Gasteiger partial charge on any atom is 0.0486 e. The van der Waals surface area contributed by atoms with Crippen molar-refractivity contribution in [1.29, 1.82) is 0 Å². The highest BCUT2D eigenvalue weighted by Crippen LogP contribution is 2.26. The number of benzene rings is 2. The van der Waals surface area contributed by atoms with Gasteiger partial charge in [-0.25, -0.2) is 0 Å². The van der Waals surface area contributed by atoms with Gasteiger partial charge in [-0.1, -0.05) is 41.8 Å². The van der Waals surface area contributed by atoms with Crippen molar-refractivity contribution < 1.29 is 0 Å². The lowest BCUT2D eigenvalue weighted by Crippen LogP contribution is -2.28. The molecule has 3 heteroatoms. The SMILES string of the molecule is Cc1ccc2c(c1)c(CN1CCCCC1)cn2Cc1ccc(Cl)cc1. The van der Waals surface area contributed by atoms with E-state index in [1.165, 1.54) is 59.9 Å². The van der Waals surface area contributed by atoms with Crippen molar-refractivity contribution in [3.05, 3.63) is 70.4 Å². The third kappa shape index (κ3) is 3.75. The molecule has 1 saturated heterocycles. The van der Waals surface area contributed by atoms with Crippen LogP contribution in [0.25, 0.3) is 10.9 Å². The Balaban J connectivity index is 1.67. The molecule has 1 aromatic heterocycles. The predicted octanol–water partition coefficient (Wildman–Crippen LogP) is 5.64. The number of aryl methyl sites for hydroxylation is 1. The van der Waals surface area contributed by atoms with Crippen LogP contribution in [0.2, 0.25) is 5.02 Å². The molecular weight excluding hydrogens is 328 g/mol. The van der Waals surface area contributed by atoms with Crippen LogP contribution in [0, 0.1) is 6.92 Å². The second-order valence-electron chi connectivity index (χ2n) is 7.27. The van der Waals surface area contributed by atoms with Crippen molar-refractivity contribution >= 4 is 22.5 Å². The highest BCUT2D eigenvalue weighted by Gasteiger charge is 2.15. The van der Waals surface area contributed by atoms with Gasteiger partial charge in [0.25, 0.3) is 0 Å². The molecule has 4 rings (SSSR count). The summed E-state index contributed by atoms with van der Waals surface area (Å²) in [5.74, 6) is 0. The van der Waals surface area contributed by atoms with E-state index in [-0.39, 0.29) is 0 Å². The van der Waals surface area contributed by atoms with Crippen LogP contribution in [-0.2, 0) is 13.1 Å². The summed E-state index contributed by atoms with van der Waals surface area (Å²) < 4.78 is 2.39. The van der Waals surface area contributed by atoms with E-state index in [2.05, 4.69) is 52.9 Å². The van der Waals surface area contributed by atoms with E-state index in [0.29, 0.717) is 0 Å². The van der Waals surface area contributed by atoms with Gasteiger partial charge < -0.3 is 4.57 Å². The van der Waals surface area contributed by atoms with Crippen LogP contribution < -0.4 is 0 Å². The van der Waals surface area contributed by atoms with Crippen LogP contribution in [0.5, 0.6) is 0 Å². The molecule has 0 aliphatic carbocycles. The first kappa shape index (κ1) is 16.7. The predicted molar refractivity (Wildman–Crippen MR) is 106 cm³/mol. The highest BCUT2D eigenvalue weighted by molar-refractivity contribution is 6.30. The van der Waals surface area contributed by atoms with Crippen LogP contribution >= 0.6 is 11.6 Å². The summed E-state index contributed by atoms with van der Waals surface area (Å²) in [6.45, 7) is 6.59. The number of rotatable bonds is 4. The number of hydrogen-bond acceptors (Lipinski definition) is 1. The van der Waals surface area contributed by atoms with Crippen molar-refractivity contribution in [1.82, 2.24) is 9.47 Å². The first-order valence-electron chi connectivity index (χ1n) is 9.24. The van der Waals surface area contributed by atoms with Gasteiger partial charge in [-0.05, 0) is 68.2 Å². The Morgan fingerprint density at radius 2 is 1.68 bits per heavy atom. The molecule has 0 amide bonds. The Hall–Kier alpha value is -1.77. The van der Waals surface area contributed by atoms with Crippen LogP contribution in [-0.4, -0.2) is 22.6 Å². The number of fused-ring (bicyclic) bond motifs is 1. The standard InChI is InChI=1S/C22H25ClN2/c1-17-5-10-22-21(13-17)19(15-24-11-3-2-4-12-24)16-25(22)14-18-6-8-20(23)9-7-18/h5-10,13,16H,2-4,11-12,14-15H2,1H3. The number of halogens is 1. The average Bonchev–Trinajstić information content (AvgIpc) is 2.94. The molecule has 1 aliphatic rings. The van der Waals surface area contributed by atoms with Gasteiger partial charge in [0.2, 0.25) is 0 Å². The van der Waals surface area contributed by atoms with Gasteiger partial charge >= 0.3 is 0 Å². The van der Waals surface area contributed by atoms with E-state index in [0.717, 1.165) is 18.1 Å². The molecule has 1 fully saturated rings. The molecule has 1 aliphatic heterocycles.